The zero-order valence-electron chi connectivity index (χ0n) is 14.7. The van der Waals surface area contributed by atoms with E-state index >= 15 is 0 Å². The molecular weight excluding hydrogens is 340 g/mol. The van der Waals surface area contributed by atoms with Crippen molar-refractivity contribution in [3.05, 3.63) is 22.7 Å². The number of fused-ring (bicyclic) bond motifs is 2. The molecule has 0 saturated heterocycles. The second-order valence-electron chi connectivity index (χ2n) is 7.16. The second-order valence-corrected chi connectivity index (χ2v) is 7.57. The fourth-order valence-electron chi connectivity index (χ4n) is 4.23. The van der Waals surface area contributed by atoms with Crippen molar-refractivity contribution < 1.29 is 14.3 Å². The van der Waals surface area contributed by atoms with E-state index in [2.05, 4.69) is 10.6 Å². The van der Waals surface area contributed by atoms with Crippen molar-refractivity contribution in [3.63, 3.8) is 0 Å². The number of carbonyl (C=O) groups is 2. The first kappa shape index (κ1) is 18.1. The SMILES string of the molecule is COc1cc(NC(C)=O)c(Cl)cc1C(=O)NC1CCC2CCCC1C2. The van der Waals surface area contributed by atoms with E-state index in [4.69, 9.17) is 16.3 Å². The molecule has 0 heterocycles. The van der Waals surface area contributed by atoms with Gasteiger partial charge in [0.25, 0.3) is 5.91 Å². The highest BCUT2D eigenvalue weighted by molar-refractivity contribution is 6.34. The quantitative estimate of drug-likeness (QED) is 0.848. The first-order valence-electron chi connectivity index (χ1n) is 8.94. The Hall–Kier alpha value is -1.75. The van der Waals surface area contributed by atoms with E-state index in [0.29, 0.717) is 27.9 Å². The van der Waals surface area contributed by atoms with Gasteiger partial charge in [0.2, 0.25) is 5.91 Å². The molecule has 3 unspecified atom stereocenters. The molecule has 0 radical (unpaired) electrons. The molecule has 0 spiro atoms. The topological polar surface area (TPSA) is 67.4 Å². The zero-order chi connectivity index (χ0) is 18.0. The Kier molecular flexibility index (Phi) is 5.52. The van der Waals surface area contributed by atoms with Gasteiger partial charge in [0, 0.05) is 19.0 Å². The van der Waals surface area contributed by atoms with Gasteiger partial charge in [0.1, 0.15) is 5.75 Å². The zero-order valence-corrected chi connectivity index (χ0v) is 15.5. The van der Waals surface area contributed by atoms with Crippen molar-refractivity contribution >= 4 is 29.1 Å². The summed E-state index contributed by atoms with van der Waals surface area (Å²) < 4.78 is 5.34. The number of halogens is 1. The second kappa shape index (κ2) is 7.65. The minimum Gasteiger partial charge on any atom is -0.496 e. The first-order valence-corrected chi connectivity index (χ1v) is 9.31. The van der Waals surface area contributed by atoms with Crippen LogP contribution in [0.15, 0.2) is 12.1 Å². The van der Waals surface area contributed by atoms with Gasteiger partial charge in [-0.25, -0.2) is 0 Å². The summed E-state index contributed by atoms with van der Waals surface area (Å²) in [5.74, 6) is 1.43. The summed E-state index contributed by atoms with van der Waals surface area (Å²) in [5.41, 5.74) is 0.842. The van der Waals surface area contributed by atoms with Crippen LogP contribution in [-0.4, -0.2) is 25.0 Å². The van der Waals surface area contributed by atoms with Crippen LogP contribution in [0.2, 0.25) is 5.02 Å². The smallest absolute Gasteiger partial charge is 0.255 e. The Morgan fingerprint density at radius 1 is 1.20 bits per heavy atom. The lowest BCUT2D eigenvalue weighted by Crippen LogP contribution is -2.45. The average molecular weight is 365 g/mol. The summed E-state index contributed by atoms with van der Waals surface area (Å²) >= 11 is 6.22. The maximum absolute atomic E-state index is 12.8. The van der Waals surface area contributed by atoms with Crippen LogP contribution in [0.5, 0.6) is 5.75 Å². The Labute approximate surface area is 153 Å². The van der Waals surface area contributed by atoms with Crippen LogP contribution >= 0.6 is 11.6 Å². The van der Waals surface area contributed by atoms with Crippen LogP contribution in [-0.2, 0) is 4.79 Å². The van der Waals surface area contributed by atoms with E-state index in [0.717, 1.165) is 12.3 Å². The van der Waals surface area contributed by atoms with Crippen LogP contribution in [0.1, 0.15) is 55.8 Å². The highest BCUT2D eigenvalue weighted by Crippen LogP contribution is 2.40. The lowest BCUT2D eigenvalue weighted by atomic mass is 9.70. The number of carbonyl (C=O) groups excluding carboxylic acids is 2. The number of anilines is 1. The van der Waals surface area contributed by atoms with Crippen LogP contribution in [0.4, 0.5) is 5.69 Å². The number of ether oxygens (including phenoxy) is 1. The van der Waals surface area contributed by atoms with E-state index in [-0.39, 0.29) is 17.9 Å². The molecular formula is C19H25ClN2O3. The summed E-state index contributed by atoms with van der Waals surface area (Å²) in [6.07, 6.45) is 7.26. The molecule has 2 amide bonds. The molecule has 0 aromatic heterocycles. The molecule has 25 heavy (non-hydrogen) atoms. The lowest BCUT2D eigenvalue weighted by Gasteiger charge is -2.40. The van der Waals surface area contributed by atoms with E-state index < -0.39 is 0 Å². The molecule has 2 fully saturated rings. The monoisotopic (exact) mass is 364 g/mol. The highest BCUT2D eigenvalue weighted by atomic mass is 35.5. The molecule has 5 nitrogen and oxygen atoms in total. The largest absolute Gasteiger partial charge is 0.496 e. The fraction of sp³-hybridized carbons (Fsp3) is 0.579. The molecule has 6 heteroatoms. The molecule has 1 aromatic carbocycles. The van der Waals surface area contributed by atoms with Gasteiger partial charge in [-0.1, -0.05) is 24.4 Å². The van der Waals surface area contributed by atoms with Gasteiger partial charge in [0.05, 0.1) is 23.4 Å². The minimum absolute atomic E-state index is 0.165. The number of benzene rings is 1. The summed E-state index contributed by atoms with van der Waals surface area (Å²) in [7, 11) is 1.50. The summed E-state index contributed by atoms with van der Waals surface area (Å²) in [5, 5.41) is 6.15. The van der Waals surface area contributed by atoms with Gasteiger partial charge in [0.15, 0.2) is 0 Å². The lowest BCUT2D eigenvalue weighted by molar-refractivity contribution is -0.114. The molecule has 2 aliphatic carbocycles. The Morgan fingerprint density at radius 2 is 2.00 bits per heavy atom. The first-order chi connectivity index (χ1) is 12.0. The van der Waals surface area contributed by atoms with Crippen molar-refractivity contribution in [2.24, 2.45) is 11.8 Å². The third kappa shape index (κ3) is 4.09. The minimum atomic E-state index is -0.227. The number of rotatable bonds is 4. The molecule has 0 aliphatic heterocycles. The van der Waals surface area contributed by atoms with Gasteiger partial charge in [-0.3, -0.25) is 9.59 Å². The van der Waals surface area contributed by atoms with Gasteiger partial charge in [-0.05, 0) is 43.6 Å². The number of nitrogens with one attached hydrogen (secondary N) is 2. The predicted octanol–water partition coefficient (Wildman–Crippen LogP) is 4.01. The molecule has 136 valence electrons. The third-order valence-electron chi connectivity index (χ3n) is 5.44. The van der Waals surface area contributed by atoms with Crippen molar-refractivity contribution in [2.45, 2.75) is 51.5 Å². The van der Waals surface area contributed by atoms with Gasteiger partial charge in [-0.2, -0.15) is 0 Å². The summed E-state index contributed by atoms with van der Waals surface area (Å²) in [4.78, 5) is 24.1. The van der Waals surface area contributed by atoms with Crippen molar-refractivity contribution in [2.75, 3.05) is 12.4 Å². The van der Waals surface area contributed by atoms with Crippen LogP contribution in [0.3, 0.4) is 0 Å². The van der Waals surface area contributed by atoms with E-state index in [1.165, 1.54) is 46.1 Å². The van der Waals surface area contributed by atoms with Crippen LogP contribution < -0.4 is 15.4 Å². The van der Waals surface area contributed by atoms with Crippen LogP contribution in [0.25, 0.3) is 0 Å². The summed E-state index contributed by atoms with van der Waals surface area (Å²) in [6.45, 7) is 1.41. The van der Waals surface area contributed by atoms with Crippen molar-refractivity contribution in [1.29, 1.82) is 0 Å². The number of methoxy groups -OCH3 is 1. The molecule has 2 aliphatic rings. The van der Waals surface area contributed by atoms with E-state index in [9.17, 15) is 9.59 Å². The van der Waals surface area contributed by atoms with E-state index in [1.807, 2.05) is 0 Å². The number of hydrogen-bond acceptors (Lipinski definition) is 3. The molecule has 3 rings (SSSR count). The molecule has 1 aromatic rings. The fourth-order valence-corrected chi connectivity index (χ4v) is 4.44. The molecule has 2 bridgehead atoms. The number of amides is 2. The highest BCUT2D eigenvalue weighted by Gasteiger charge is 2.34. The Balaban J connectivity index is 1.77. The van der Waals surface area contributed by atoms with Gasteiger partial charge in [-0.15, -0.1) is 0 Å². The van der Waals surface area contributed by atoms with Gasteiger partial charge >= 0.3 is 0 Å². The Morgan fingerprint density at radius 3 is 2.72 bits per heavy atom. The van der Waals surface area contributed by atoms with Crippen molar-refractivity contribution in [3.8, 4) is 5.75 Å². The standard InChI is InChI=1S/C19H25ClN2O3/c1-11(23)21-17-10-18(25-2)14(9-15(17)20)19(24)22-16-7-6-12-4-3-5-13(16)8-12/h9-10,12-13,16H,3-8H2,1-2H3,(H,21,23)(H,22,24). The maximum Gasteiger partial charge on any atom is 0.255 e. The molecule has 2 saturated carbocycles. The number of hydrogen-bond donors (Lipinski definition) is 2. The normalized spacial score (nSPS) is 25.2. The van der Waals surface area contributed by atoms with Gasteiger partial charge < -0.3 is 15.4 Å². The predicted molar refractivity (Wildman–Crippen MR) is 98.2 cm³/mol. The van der Waals surface area contributed by atoms with Crippen LogP contribution in [0, 0.1) is 11.8 Å². The molecule has 2 N–H and O–H groups in total. The third-order valence-corrected chi connectivity index (χ3v) is 5.75. The van der Waals surface area contributed by atoms with Crippen molar-refractivity contribution in [1.82, 2.24) is 5.32 Å². The molecule has 3 atom stereocenters. The summed E-state index contributed by atoms with van der Waals surface area (Å²) in [6, 6.07) is 3.38. The van der Waals surface area contributed by atoms with E-state index in [1.54, 1.807) is 12.1 Å². The average Bonchev–Trinajstić information content (AvgIpc) is 2.58. The maximum atomic E-state index is 12.8. The Bertz CT molecular complexity index is 677.